The molecule has 1 aromatic carbocycles. The number of halogens is 1. The Bertz CT molecular complexity index is 731. The summed E-state index contributed by atoms with van der Waals surface area (Å²) in [6.45, 7) is 5.97. The number of likely N-dealkylation sites (tertiary alicyclic amines) is 1. The first-order valence-corrected chi connectivity index (χ1v) is 9.01. The molecule has 0 saturated carbocycles. The molecule has 0 aliphatic carbocycles. The fourth-order valence-corrected chi connectivity index (χ4v) is 3.17. The maximum atomic E-state index is 12.3. The lowest BCUT2D eigenvalue weighted by Crippen LogP contribution is -2.39. The van der Waals surface area contributed by atoms with Crippen LogP contribution >= 0.6 is 11.6 Å². The molecule has 1 N–H and O–H groups in total. The lowest BCUT2D eigenvalue weighted by molar-refractivity contribution is 0.208. The van der Waals surface area contributed by atoms with E-state index >= 15 is 0 Å². The summed E-state index contributed by atoms with van der Waals surface area (Å²) in [6.07, 6.45) is 1.52. The van der Waals surface area contributed by atoms with Crippen molar-refractivity contribution in [3.8, 4) is 0 Å². The second-order valence-corrected chi connectivity index (χ2v) is 7.11. The first-order valence-electron chi connectivity index (χ1n) is 8.63. The topological polar surface area (TPSA) is 71.3 Å². The predicted molar refractivity (Wildman–Crippen MR) is 95.9 cm³/mol. The third kappa shape index (κ3) is 4.51. The molecule has 1 fully saturated rings. The first-order chi connectivity index (χ1) is 12.0. The zero-order valence-corrected chi connectivity index (χ0v) is 15.3. The van der Waals surface area contributed by atoms with Crippen LogP contribution in [-0.2, 0) is 6.42 Å². The molecule has 1 aliphatic rings. The quantitative estimate of drug-likeness (QED) is 0.882. The Morgan fingerprint density at radius 3 is 3.04 bits per heavy atom. The molecule has 2 amide bonds. The van der Waals surface area contributed by atoms with Gasteiger partial charge >= 0.3 is 6.03 Å². The average molecular weight is 363 g/mol. The highest BCUT2D eigenvalue weighted by Crippen LogP contribution is 2.28. The molecule has 2 aromatic rings. The molecule has 6 nitrogen and oxygen atoms in total. The number of benzene rings is 1. The monoisotopic (exact) mass is 362 g/mol. The molecule has 7 heteroatoms. The van der Waals surface area contributed by atoms with Crippen LogP contribution < -0.4 is 5.32 Å². The molecule has 1 saturated heterocycles. The number of carbonyl (C=O) groups is 1. The van der Waals surface area contributed by atoms with Crippen molar-refractivity contribution >= 4 is 17.6 Å². The van der Waals surface area contributed by atoms with Gasteiger partial charge in [-0.2, -0.15) is 4.98 Å². The number of rotatable bonds is 5. The van der Waals surface area contributed by atoms with E-state index in [1.165, 1.54) is 5.56 Å². The van der Waals surface area contributed by atoms with E-state index in [0.717, 1.165) is 18.0 Å². The van der Waals surface area contributed by atoms with Gasteiger partial charge in [-0.05, 0) is 24.1 Å². The van der Waals surface area contributed by atoms with Crippen molar-refractivity contribution in [3.05, 3.63) is 46.6 Å². The zero-order valence-electron chi connectivity index (χ0n) is 14.5. The van der Waals surface area contributed by atoms with Crippen LogP contribution in [-0.4, -0.2) is 40.7 Å². The van der Waals surface area contributed by atoms with Gasteiger partial charge < -0.3 is 14.7 Å². The summed E-state index contributed by atoms with van der Waals surface area (Å²) in [5.41, 5.74) is 1.19. The van der Waals surface area contributed by atoms with Crippen molar-refractivity contribution in [2.45, 2.75) is 38.5 Å². The van der Waals surface area contributed by atoms with Gasteiger partial charge in [0.25, 0.3) is 0 Å². The Labute approximate surface area is 152 Å². The van der Waals surface area contributed by atoms with Gasteiger partial charge in [0, 0.05) is 42.9 Å². The largest absolute Gasteiger partial charge is 0.339 e. The highest BCUT2D eigenvalue weighted by Gasteiger charge is 2.27. The maximum absolute atomic E-state index is 12.3. The van der Waals surface area contributed by atoms with E-state index in [2.05, 4.69) is 21.5 Å². The Morgan fingerprint density at radius 1 is 1.48 bits per heavy atom. The zero-order chi connectivity index (χ0) is 17.8. The molecule has 2 heterocycles. The van der Waals surface area contributed by atoms with Gasteiger partial charge in [0.2, 0.25) is 5.89 Å². The normalized spacial score (nSPS) is 17.3. The Balaban J connectivity index is 1.46. The summed E-state index contributed by atoms with van der Waals surface area (Å²) in [6, 6.07) is 7.83. The molecule has 0 bridgehead atoms. The van der Waals surface area contributed by atoms with Crippen molar-refractivity contribution in [1.82, 2.24) is 20.4 Å². The number of hydrogen-bond acceptors (Lipinski definition) is 4. The molecule has 3 rings (SSSR count). The van der Waals surface area contributed by atoms with Crippen LogP contribution in [0.25, 0.3) is 0 Å². The van der Waals surface area contributed by atoms with E-state index in [0.29, 0.717) is 37.1 Å². The number of carbonyl (C=O) groups excluding carboxylic acids is 1. The molecule has 1 aromatic heterocycles. The van der Waals surface area contributed by atoms with E-state index < -0.39 is 0 Å². The SMILES string of the molecule is CC(C)c1nc(CCNC(=O)N2CC[C@H](c3cccc(Cl)c3)C2)no1. The summed E-state index contributed by atoms with van der Waals surface area (Å²) < 4.78 is 5.16. The Hall–Kier alpha value is -2.08. The second kappa shape index (κ2) is 7.87. The van der Waals surface area contributed by atoms with Crippen LogP contribution in [0.3, 0.4) is 0 Å². The summed E-state index contributed by atoms with van der Waals surface area (Å²) in [5.74, 6) is 1.81. The van der Waals surface area contributed by atoms with Crippen molar-refractivity contribution in [1.29, 1.82) is 0 Å². The van der Waals surface area contributed by atoms with E-state index in [4.69, 9.17) is 16.1 Å². The molecule has 134 valence electrons. The maximum Gasteiger partial charge on any atom is 0.317 e. The number of amides is 2. The highest BCUT2D eigenvalue weighted by molar-refractivity contribution is 6.30. The van der Waals surface area contributed by atoms with Crippen molar-refractivity contribution < 1.29 is 9.32 Å². The van der Waals surface area contributed by atoms with Crippen LogP contribution in [0, 0.1) is 0 Å². The average Bonchev–Trinajstić information content (AvgIpc) is 3.24. The van der Waals surface area contributed by atoms with Gasteiger partial charge in [-0.15, -0.1) is 0 Å². The summed E-state index contributed by atoms with van der Waals surface area (Å²) >= 11 is 6.06. The number of aromatic nitrogens is 2. The lowest BCUT2D eigenvalue weighted by Gasteiger charge is -2.17. The summed E-state index contributed by atoms with van der Waals surface area (Å²) in [4.78, 5) is 18.5. The predicted octanol–water partition coefficient (Wildman–Crippen LogP) is 3.59. The molecule has 0 unspecified atom stereocenters. The van der Waals surface area contributed by atoms with Gasteiger partial charge in [-0.25, -0.2) is 4.79 Å². The summed E-state index contributed by atoms with van der Waals surface area (Å²) in [5, 5.41) is 7.60. The molecule has 1 atom stereocenters. The first kappa shape index (κ1) is 17.7. The molecule has 0 radical (unpaired) electrons. The van der Waals surface area contributed by atoms with E-state index in [1.807, 2.05) is 36.9 Å². The van der Waals surface area contributed by atoms with Gasteiger partial charge in [-0.3, -0.25) is 0 Å². The lowest BCUT2D eigenvalue weighted by atomic mass is 9.99. The Morgan fingerprint density at radius 2 is 2.32 bits per heavy atom. The van der Waals surface area contributed by atoms with Crippen LogP contribution in [0.5, 0.6) is 0 Å². The van der Waals surface area contributed by atoms with E-state index in [9.17, 15) is 4.79 Å². The Kier molecular flexibility index (Phi) is 5.58. The number of urea groups is 1. The highest BCUT2D eigenvalue weighted by atomic mass is 35.5. The summed E-state index contributed by atoms with van der Waals surface area (Å²) in [7, 11) is 0. The van der Waals surface area contributed by atoms with Gasteiger partial charge in [-0.1, -0.05) is 42.7 Å². The standard InChI is InChI=1S/C18H23ClN4O2/c1-12(2)17-21-16(22-25-17)6-8-20-18(24)23-9-7-14(11-23)13-4-3-5-15(19)10-13/h3-5,10,12,14H,6-9,11H2,1-2H3,(H,20,24)/t14-/m0/s1. The molecular formula is C18H23ClN4O2. The number of hydrogen-bond donors (Lipinski definition) is 1. The van der Waals surface area contributed by atoms with Crippen molar-refractivity contribution in [3.63, 3.8) is 0 Å². The molecule has 25 heavy (non-hydrogen) atoms. The minimum Gasteiger partial charge on any atom is -0.339 e. The number of nitrogens with one attached hydrogen (secondary N) is 1. The smallest absolute Gasteiger partial charge is 0.317 e. The molecular weight excluding hydrogens is 340 g/mol. The van der Waals surface area contributed by atoms with E-state index in [1.54, 1.807) is 0 Å². The van der Waals surface area contributed by atoms with Gasteiger partial charge in [0.15, 0.2) is 5.82 Å². The van der Waals surface area contributed by atoms with Crippen LogP contribution in [0.15, 0.2) is 28.8 Å². The van der Waals surface area contributed by atoms with Crippen LogP contribution in [0.2, 0.25) is 5.02 Å². The third-order valence-corrected chi connectivity index (χ3v) is 4.63. The minimum atomic E-state index is -0.0443. The molecule has 1 aliphatic heterocycles. The van der Waals surface area contributed by atoms with Crippen molar-refractivity contribution in [2.75, 3.05) is 19.6 Å². The van der Waals surface area contributed by atoms with Crippen LogP contribution in [0.1, 0.15) is 49.4 Å². The third-order valence-electron chi connectivity index (χ3n) is 4.40. The van der Waals surface area contributed by atoms with Gasteiger partial charge in [0.05, 0.1) is 0 Å². The van der Waals surface area contributed by atoms with Crippen molar-refractivity contribution in [2.24, 2.45) is 0 Å². The fraction of sp³-hybridized carbons (Fsp3) is 0.500. The fourth-order valence-electron chi connectivity index (χ4n) is 2.97. The second-order valence-electron chi connectivity index (χ2n) is 6.67. The van der Waals surface area contributed by atoms with Gasteiger partial charge in [0.1, 0.15) is 0 Å². The number of nitrogens with zero attached hydrogens (tertiary/aromatic N) is 3. The molecule has 0 spiro atoms. The van der Waals surface area contributed by atoms with Crippen LogP contribution in [0.4, 0.5) is 4.79 Å². The van der Waals surface area contributed by atoms with E-state index in [-0.39, 0.29) is 11.9 Å². The minimum absolute atomic E-state index is 0.0443.